The fraction of sp³-hybridized carbons (Fsp3) is 0.350. The van der Waals surface area contributed by atoms with Crippen LogP contribution >= 0.6 is 0 Å². The Kier molecular flexibility index (Phi) is 6.21. The topological polar surface area (TPSA) is 32.3 Å². The van der Waals surface area contributed by atoms with Crippen LogP contribution in [0.4, 0.5) is 5.69 Å². The van der Waals surface area contributed by atoms with Crippen molar-refractivity contribution in [1.82, 2.24) is 5.32 Å². The Balaban J connectivity index is 1.84. The molecule has 0 fully saturated rings. The van der Waals surface area contributed by atoms with Gasteiger partial charge in [-0.3, -0.25) is 4.79 Å². The van der Waals surface area contributed by atoms with Crippen molar-refractivity contribution < 1.29 is 4.79 Å². The number of amides is 1. The molecule has 3 heteroatoms. The zero-order valence-electron chi connectivity index (χ0n) is 14.3. The summed E-state index contributed by atoms with van der Waals surface area (Å²) in [6, 6.07) is 16.6. The van der Waals surface area contributed by atoms with E-state index in [9.17, 15) is 4.79 Å². The largest absolute Gasteiger partial charge is 0.371 e. The van der Waals surface area contributed by atoms with Gasteiger partial charge in [-0.25, -0.2) is 0 Å². The van der Waals surface area contributed by atoms with Crippen molar-refractivity contribution in [2.75, 3.05) is 18.0 Å². The van der Waals surface area contributed by atoms with Crippen LogP contribution in [0.15, 0.2) is 48.5 Å². The Morgan fingerprint density at radius 2 is 1.87 bits per heavy atom. The minimum Gasteiger partial charge on any atom is -0.371 e. The molecule has 3 nitrogen and oxygen atoms in total. The highest BCUT2D eigenvalue weighted by molar-refractivity contribution is 5.76. The maximum Gasteiger partial charge on any atom is 0.222 e. The van der Waals surface area contributed by atoms with Crippen LogP contribution in [0.2, 0.25) is 0 Å². The van der Waals surface area contributed by atoms with Gasteiger partial charge in [0.25, 0.3) is 0 Å². The third-order valence-electron chi connectivity index (χ3n) is 4.09. The molecule has 0 aliphatic heterocycles. The molecule has 0 saturated carbocycles. The summed E-state index contributed by atoms with van der Waals surface area (Å²) >= 11 is 0. The summed E-state index contributed by atoms with van der Waals surface area (Å²) in [5.41, 5.74) is 4.80. The lowest BCUT2D eigenvalue weighted by atomic mass is 10.1. The second-order valence-corrected chi connectivity index (χ2v) is 5.87. The molecule has 1 N–H and O–H groups in total. The number of aryl methyl sites for hydroxylation is 2. The van der Waals surface area contributed by atoms with Gasteiger partial charge in [-0.1, -0.05) is 36.4 Å². The van der Waals surface area contributed by atoms with Crippen molar-refractivity contribution in [2.45, 2.75) is 33.7 Å². The number of benzene rings is 2. The number of hydrogen-bond acceptors (Lipinski definition) is 2. The molecule has 0 bridgehead atoms. The van der Waals surface area contributed by atoms with Gasteiger partial charge in [0, 0.05) is 31.7 Å². The van der Waals surface area contributed by atoms with Crippen LogP contribution in [0.1, 0.15) is 30.0 Å². The Bertz CT molecular complexity index is 652. The molecule has 0 saturated heterocycles. The lowest BCUT2D eigenvalue weighted by Crippen LogP contribution is -2.30. The molecule has 2 rings (SSSR count). The van der Waals surface area contributed by atoms with Crippen LogP contribution in [0, 0.1) is 13.8 Å². The van der Waals surface area contributed by atoms with Crippen LogP contribution in [-0.2, 0) is 11.3 Å². The maximum atomic E-state index is 12.1. The van der Waals surface area contributed by atoms with Crippen molar-refractivity contribution in [3.63, 3.8) is 0 Å². The van der Waals surface area contributed by atoms with Gasteiger partial charge in [-0.15, -0.1) is 0 Å². The van der Waals surface area contributed by atoms with E-state index in [2.05, 4.69) is 67.4 Å². The summed E-state index contributed by atoms with van der Waals surface area (Å²) in [7, 11) is 0. The molecule has 2 aromatic rings. The molecule has 122 valence electrons. The number of nitrogens with zero attached hydrogens (tertiary/aromatic N) is 1. The lowest BCUT2D eigenvalue weighted by Gasteiger charge is -2.23. The van der Waals surface area contributed by atoms with E-state index in [0.29, 0.717) is 13.0 Å². The van der Waals surface area contributed by atoms with Crippen LogP contribution < -0.4 is 10.2 Å². The molecule has 1 amide bonds. The zero-order chi connectivity index (χ0) is 16.7. The summed E-state index contributed by atoms with van der Waals surface area (Å²) in [5.74, 6) is 0.0966. The number of hydrogen-bond donors (Lipinski definition) is 1. The number of nitrogens with one attached hydrogen (secondary N) is 1. The van der Waals surface area contributed by atoms with Crippen molar-refractivity contribution in [3.8, 4) is 0 Å². The van der Waals surface area contributed by atoms with Gasteiger partial charge >= 0.3 is 0 Å². The number of carbonyl (C=O) groups excluding carboxylic acids is 1. The van der Waals surface area contributed by atoms with E-state index in [0.717, 1.165) is 13.1 Å². The molecule has 0 atom stereocenters. The number of anilines is 1. The Morgan fingerprint density at radius 3 is 2.57 bits per heavy atom. The lowest BCUT2D eigenvalue weighted by molar-refractivity contribution is -0.121. The molecule has 0 aliphatic carbocycles. The summed E-state index contributed by atoms with van der Waals surface area (Å²) in [5, 5.41) is 3.02. The first kappa shape index (κ1) is 17.1. The van der Waals surface area contributed by atoms with Crippen LogP contribution in [0.3, 0.4) is 0 Å². The number of carbonyl (C=O) groups is 1. The minimum absolute atomic E-state index is 0.0966. The summed E-state index contributed by atoms with van der Waals surface area (Å²) in [6.07, 6.45) is 0.508. The smallest absolute Gasteiger partial charge is 0.222 e. The van der Waals surface area contributed by atoms with Gasteiger partial charge in [0.1, 0.15) is 0 Å². The molecule has 23 heavy (non-hydrogen) atoms. The first-order valence-corrected chi connectivity index (χ1v) is 8.23. The Labute approximate surface area is 139 Å². The van der Waals surface area contributed by atoms with Gasteiger partial charge < -0.3 is 10.2 Å². The van der Waals surface area contributed by atoms with E-state index in [-0.39, 0.29) is 5.91 Å². The quantitative estimate of drug-likeness (QED) is 0.843. The van der Waals surface area contributed by atoms with Gasteiger partial charge in [0.05, 0.1) is 0 Å². The maximum absolute atomic E-state index is 12.1. The standard InChI is InChI=1S/C20H26N2O/c1-4-22(19-11-7-8-16(2)14-19)13-12-20(23)21-15-18-10-6-5-9-17(18)3/h5-11,14H,4,12-13,15H2,1-3H3,(H,21,23). The van der Waals surface area contributed by atoms with Gasteiger partial charge in [-0.05, 0) is 49.6 Å². The first-order chi connectivity index (χ1) is 11.1. The fourth-order valence-corrected chi connectivity index (χ4v) is 2.62. The minimum atomic E-state index is 0.0966. The van der Waals surface area contributed by atoms with E-state index >= 15 is 0 Å². The highest BCUT2D eigenvalue weighted by Gasteiger charge is 2.08. The van der Waals surface area contributed by atoms with E-state index in [1.807, 2.05) is 12.1 Å². The predicted molar refractivity (Wildman–Crippen MR) is 96.7 cm³/mol. The molecule has 0 unspecified atom stereocenters. The monoisotopic (exact) mass is 310 g/mol. The highest BCUT2D eigenvalue weighted by atomic mass is 16.1. The third-order valence-corrected chi connectivity index (χ3v) is 4.09. The zero-order valence-corrected chi connectivity index (χ0v) is 14.3. The van der Waals surface area contributed by atoms with E-state index < -0.39 is 0 Å². The fourth-order valence-electron chi connectivity index (χ4n) is 2.62. The van der Waals surface area contributed by atoms with Crippen molar-refractivity contribution >= 4 is 11.6 Å². The third kappa shape index (κ3) is 5.13. The molecular weight excluding hydrogens is 284 g/mol. The SMILES string of the molecule is CCN(CCC(=O)NCc1ccccc1C)c1cccc(C)c1. The number of rotatable bonds is 7. The molecule has 0 heterocycles. The Hall–Kier alpha value is -2.29. The average Bonchev–Trinajstić information content (AvgIpc) is 2.55. The Morgan fingerprint density at radius 1 is 1.09 bits per heavy atom. The predicted octanol–water partition coefficient (Wildman–Crippen LogP) is 3.84. The molecule has 0 aliphatic rings. The van der Waals surface area contributed by atoms with E-state index in [4.69, 9.17) is 0 Å². The van der Waals surface area contributed by atoms with Crippen molar-refractivity contribution in [3.05, 3.63) is 65.2 Å². The van der Waals surface area contributed by atoms with Crippen molar-refractivity contribution in [2.24, 2.45) is 0 Å². The van der Waals surface area contributed by atoms with Crippen LogP contribution in [0.25, 0.3) is 0 Å². The van der Waals surface area contributed by atoms with Gasteiger partial charge in [-0.2, -0.15) is 0 Å². The second-order valence-electron chi connectivity index (χ2n) is 5.87. The summed E-state index contributed by atoms with van der Waals surface area (Å²) in [4.78, 5) is 14.3. The van der Waals surface area contributed by atoms with Crippen LogP contribution in [0.5, 0.6) is 0 Å². The van der Waals surface area contributed by atoms with Crippen molar-refractivity contribution in [1.29, 1.82) is 0 Å². The molecule has 0 spiro atoms. The first-order valence-electron chi connectivity index (χ1n) is 8.23. The molecular formula is C20H26N2O. The summed E-state index contributed by atoms with van der Waals surface area (Å²) in [6.45, 7) is 8.51. The van der Waals surface area contributed by atoms with Gasteiger partial charge in [0.2, 0.25) is 5.91 Å². The molecule has 0 aromatic heterocycles. The average molecular weight is 310 g/mol. The van der Waals surface area contributed by atoms with Crippen LogP contribution in [-0.4, -0.2) is 19.0 Å². The van der Waals surface area contributed by atoms with Gasteiger partial charge in [0.15, 0.2) is 0 Å². The molecule has 0 radical (unpaired) electrons. The summed E-state index contributed by atoms with van der Waals surface area (Å²) < 4.78 is 0. The highest BCUT2D eigenvalue weighted by Crippen LogP contribution is 2.15. The second kappa shape index (κ2) is 8.37. The van der Waals surface area contributed by atoms with E-state index in [1.165, 1.54) is 22.4 Å². The normalized spacial score (nSPS) is 10.4. The van der Waals surface area contributed by atoms with E-state index in [1.54, 1.807) is 0 Å². The molecule has 2 aromatic carbocycles.